The van der Waals surface area contributed by atoms with Crippen LogP contribution in [-0.4, -0.2) is 61.0 Å². The summed E-state index contributed by atoms with van der Waals surface area (Å²) in [5.74, 6) is -2.22. The molecule has 0 unspecified atom stereocenters. The number of aliphatic hydroxyl groups excluding tert-OH is 1. The lowest BCUT2D eigenvalue weighted by molar-refractivity contribution is -0.142. The summed E-state index contributed by atoms with van der Waals surface area (Å²) in [4.78, 5) is 24.2. The number of carboxylic acid groups (broad SMARTS) is 2. The third-order valence-corrected chi connectivity index (χ3v) is 6.75. The molecule has 0 spiro atoms. The number of hydrogen-bond acceptors (Lipinski definition) is 8. The van der Waals surface area contributed by atoms with Crippen molar-refractivity contribution in [2.24, 2.45) is 5.92 Å². The van der Waals surface area contributed by atoms with Crippen LogP contribution in [0.2, 0.25) is 0 Å². The monoisotopic (exact) mass is 522 g/mol. The van der Waals surface area contributed by atoms with Gasteiger partial charge in [0.05, 0.1) is 19.6 Å². The van der Waals surface area contributed by atoms with Crippen LogP contribution in [0.3, 0.4) is 0 Å². The van der Waals surface area contributed by atoms with Crippen molar-refractivity contribution in [2.75, 3.05) is 33.7 Å². The van der Waals surface area contributed by atoms with Crippen LogP contribution in [-0.2, 0) is 9.59 Å². The summed E-state index contributed by atoms with van der Waals surface area (Å²) in [5.41, 5.74) is 2.71. The SMILES string of the molecule is COc1ccc([C@@H]2c3cc(OCCO)ccc3[C@H](c3ccc4c(c3)OCO4)[C@H]2C(=O)O)c(OCC(=O)O)c1. The lowest BCUT2D eigenvalue weighted by Gasteiger charge is -2.24. The Bertz CT molecular complexity index is 1370. The number of aliphatic carboxylic acids is 2. The molecule has 3 atom stereocenters. The summed E-state index contributed by atoms with van der Waals surface area (Å²) in [5, 5.41) is 29.0. The van der Waals surface area contributed by atoms with Crippen LogP contribution in [0.5, 0.6) is 28.7 Å². The van der Waals surface area contributed by atoms with E-state index in [0.717, 1.165) is 11.1 Å². The van der Waals surface area contributed by atoms with Gasteiger partial charge in [-0.25, -0.2) is 4.79 Å². The lowest BCUT2D eigenvalue weighted by Crippen LogP contribution is -2.24. The normalized spacial score (nSPS) is 19.1. The van der Waals surface area contributed by atoms with Crippen molar-refractivity contribution in [3.8, 4) is 28.7 Å². The highest BCUT2D eigenvalue weighted by Crippen LogP contribution is 2.56. The van der Waals surface area contributed by atoms with Gasteiger partial charge in [-0.3, -0.25) is 4.79 Å². The molecule has 3 aromatic carbocycles. The Morgan fingerprint density at radius 3 is 2.37 bits per heavy atom. The molecule has 1 aliphatic carbocycles. The zero-order chi connectivity index (χ0) is 26.8. The maximum Gasteiger partial charge on any atom is 0.341 e. The summed E-state index contributed by atoms with van der Waals surface area (Å²) in [7, 11) is 1.47. The van der Waals surface area contributed by atoms with Gasteiger partial charge in [0.2, 0.25) is 6.79 Å². The number of fused-ring (bicyclic) bond motifs is 2. The van der Waals surface area contributed by atoms with E-state index < -0.39 is 36.3 Å². The molecule has 0 aromatic heterocycles. The standard InChI is InChI=1S/C28H26O10/c1-34-16-3-6-19(22(12-16)36-13-24(30)31)26-20-11-17(35-9-8-29)4-5-18(20)25(27(26)28(32)33)15-2-7-21-23(10-15)38-14-37-21/h2-7,10-12,25-27,29H,8-9,13-14H2,1H3,(H,30,31)(H,32,33)/t25-,26+,27+/m0/s1. The van der Waals surface area contributed by atoms with Gasteiger partial charge in [0, 0.05) is 23.5 Å². The van der Waals surface area contributed by atoms with Gasteiger partial charge in [-0.2, -0.15) is 0 Å². The zero-order valence-electron chi connectivity index (χ0n) is 20.5. The molecule has 0 saturated carbocycles. The van der Waals surface area contributed by atoms with Crippen molar-refractivity contribution in [2.45, 2.75) is 11.8 Å². The fraction of sp³-hybridized carbons (Fsp3) is 0.286. The molecule has 0 radical (unpaired) electrons. The predicted molar refractivity (Wildman–Crippen MR) is 133 cm³/mol. The molecule has 198 valence electrons. The second-order valence-electron chi connectivity index (χ2n) is 8.88. The zero-order valence-corrected chi connectivity index (χ0v) is 20.5. The number of ether oxygens (including phenoxy) is 5. The third kappa shape index (κ3) is 4.66. The maximum atomic E-state index is 12.9. The molecule has 5 rings (SSSR count). The summed E-state index contributed by atoms with van der Waals surface area (Å²) >= 11 is 0. The molecule has 3 aromatic rings. The quantitative estimate of drug-likeness (QED) is 0.363. The third-order valence-electron chi connectivity index (χ3n) is 6.75. The molecule has 0 amide bonds. The fourth-order valence-electron chi connectivity index (χ4n) is 5.24. The highest BCUT2D eigenvalue weighted by molar-refractivity contribution is 5.79. The summed E-state index contributed by atoms with van der Waals surface area (Å²) in [6.07, 6.45) is 0. The number of carbonyl (C=O) groups is 2. The van der Waals surface area contributed by atoms with E-state index in [4.69, 9.17) is 23.7 Å². The van der Waals surface area contributed by atoms with Gasteiger partial charge in [0.15, 0.2) is 18.1 Å². The summed E-state index contributed by atoms with van der Waals surface area (Å²) in [6.45, 7) is -0.619. The van der Waals surface area contributed by atoms with E-state index in [1.165, 1.54) is 7.11 Å². The average Bonchev–Trinajstić information content (AvgIpc) is 3.52. The van der Waals surface area contributed by atoms with Crippen LogP contribution in [0, 0.1) is 5.92 Å². The first-order chi connectivity index (χ1) is 18.4. The number of aliphatic hydroxyl groups is 1. The second kappa shape index (κ2) is 10.5. The Balaban J connectivity index is 1.69. The molecule has 0 fully saturated rings. The van der Waals surface area contributed by atoms with E-state index in [1.807, 2.05) is 12.1 Å². The Labute approximate surface area is 217 Å². The molecule has 0 saturated heterocycles. The first-order valence-electron chi connectivity index (χ1n) is 11.9. The van der Waals surface area contributed by atoms with Gasteiger partial charge < -0.3 is 39.0 Å². The van der Waals surface area contributed by atoms with Gasteiger partial charge in [-0.05, 0) is 47.0 Å². The van der Waals surface area contributed by atoms with Crippen LogP contribution in [0.1, 0.15) is 34.1 Å². The minimum Gasteiger partial charge on any atom is -0.497 e. The molecular formula is C28H26O10. The van der Waals surface area contributed by atoms with E-state index in [1.54, 1.807) is 42.5 Å². The molecule has 1 aliphatic heterocycles. The molecule has 10 nitrogen and oxygen atoms in total. The number of carboxylic acids is 2. The van der Waals surface area contributed by atoms with Crippen molar-refractivity contribution >= 4 is 11.9 Å². The number of hydrogen-bond donors (Lipinski definition) is 3. The van der Waals surface area contributed by atoms with Crippen molar-refractivity contribution in [1.29, 1.82) is 0 Å². The molecule has 2 aliphatic rings. The summed E-state index contributed by atoms with van der Waals surface area (Å²) in [6, 6.07) is 15.6. The first kappa shape index (κ1) is 25.2. The van der Waals surface area contributed by atoms with E-state index in [2.05, 4.69) is 0 Å². The van der Waals surface area contributed by atoms with Crippen LogP contribution in [0.15, 0.2) is 54.6 Å². The Kier molecular flexibility index (Phi) is 6.97. The van der Waals surface area contributed by atoms with Gasteiger partial charge >= 0.3 is 11.9 Å². The molecule has 1 heterocycles. The van der Waals surface area contributed by atoms with Gasteiger partial charge in [-0.1, -0.05) is 18.2 Å². The van der Waals surface area contributed by atoms with Crippen LogP contribution < -0.4 is 23.7 Å². The predicted octanol–water partition coefficient (Wildman–Crippen LogP) is 3.24. The molecule has 0 bridgehead atoms. The minimum absolute atomic E-state index is 0.0763. The molecule has 3 N–H and O–H groups in total. The average molecular weight is 523 g/mol. The van der Waals surface area contributed by atoms with Crippen LogP contribution >= 0.6 is 0 Å². The Morgan fingerprint density at radius 1 is 0.868 bits per heavy atom. The number of methoxy groups -OCH3 is 1. The summed E-state index contributed by atoms with van der Waals surface area (Å²) < 4.78 is 27.6. The Hall–Kier alpha value is -4.44. The topological polar surface area (TPSA) is 141 Å². The van der Waals surface area contributed by atoms with E-state index >= 15 is 0 Å². The minimum atomic E-state index is -1.17. The van der Waals surface area contributed by atoms with Gasteiger partial charge in [0.1, 0.15) is 23.9 Å². The van der Waals surface area contributed by atoms with E-state index in [9.17, 15) is 24.9 Å². The highest BCUT2D eigenvalue weighted by atomic mass is 16.7. The molecule has 38 heavy (non-hydrogen) atoms. The van der Waals surface area contributed by atoms with Crippen LogP contribution in [0.4, 0.5) is 0 Å². The lowest BCUT2D eigenvalue weighted by atomic mass is 9.79. The highest BCUT2D eigenvalue weighted by Gasteiger charge is 2.48. The number of benzene rings is 3. The van der Waals surface area contributed by atoms with Crippen molar-refractivity contribution in [3.63, 3.8) is 0 Å². The van der Waals surface area contributed by atoms with Gasteiger partial charge in [0.25, 0.3) is 0 Å². The van der Waals surface area contributed by atoms with Crippen molar-refractivity contribution < 1.29 is 48.6 Å². The fourth-order valence-corrected chi connectivity index (χ4v) is 5.24. The van der Waals surface area contributed by atoms with Gasteiger partial charge in [-0.15, -0.1) is 0 Å². The number of rotatable bonds is 10. The van der Waals surface area contributed by atoms with Crippen molar-refractivity contribution in [1.82, 2.24) is 0 Å². The second-order valence-corrected chi connectivity index (χ2v) is 8.88. The van der Waals surface area contributed by atoms with E-state index in [0.29, 0.717) is 34.1 Å². The smallest absolute Gasteiger partial charge is 0.341 e. The Morgan fingerprint density at radius 2 is 1.63 bits per heavy atom. The van der Waals surface area contributed by atoms with Crippen molar-refractivity contribution in [3.05, 3.63) is 76.9 Å². The largest absolute Gasteiger partial charge is 0.497 e. The molecule has 10 heteroatoms. The van der Waals surface area contributed by atoms with E-state index in [-0.39, 0.29) is 25.8 Å². The molecular weight excluding hydrogens is 496 g/mol. The first-order valence-corrected chi connectivity index (χ1v) is 11.9. The maximum absolute atomic E-state index is 12.9. The van der Waals surface area contributed by atoms with Crippen LogP contribution in [0.25, 0.3) is 0 Å².